The number of hydrogen-bond donors (Lipinski definition) is 0. The van der Waals surface area contributed by atoms with E-state index in [2.05, 4.69) is 128 Å². The first-order chi connectivity index (χ1) is 13.2. The van der Waals surface area contributed by atoms with Crippen molar-refractivity contribution in [1.82, 2.24) is 0 Å². The molecule has 2 aromatic rings. The molecule has 0 N–H and O–H groups in total. The van der Waals surface area contributed by atoms with Gasteiger partial charge in [0.25, 0.3) is 0 Å². The van der Waals surface area contributed by atoms with Gasteiger partial charge in [-0.2, -0.15) is 34.6 Å². The number of hydrogen-bond acceptors (Lipinski definition) is 0. The molecule has 0 aromatic heterocycles. The summed E-state index contributed by atoms with van der Waals surface area (Å²) in [6, 6.07) is 14.3. The predicted molar refractivity (Wildman–Crippen MR) is 153 cm³/mol. The summed E-state index contributed by atoms with van der Waals surface area (Å²) in [7, 11) is -4.28. The van der Waals surface area contributed by atoms with Crippen LogP contribution in [-0.2, 0) is 23.3 Å². The van der Waals surface area contributed by atoms with Gasteiger partial charge >= 0.3 is 41.9 Å². The Morgan fingerprint density at radius 2 is 0.781 bits per heavy atom. The van der Waals surface area contributed by atoms with E-state index < -0.39 is 32.3 Å². The van der Waals surface area contributed by atoms with Crippen LogP contribution in [0.4, 0.5) is 0 Å². The van der Waals surface area contributed by atoms with E-state index in [9.17, 15) is 0 Å². The van der Waals surface area contributed by atoms with Crippen LogP contribution in [0.25, 0.3) is 0 Å². The van der Waals surface area contributed by atoms with Crippen molar-refractivity contribution >= 4 is 58.5 Å². The molecule has 2 aromatic carbocycles. The molecule has 0 saturated heterocycles. The standard InChI is InChI=1S/2C11H21Si2.C2H6Si.2ClH.Zr/c2*1-12(2,3)10-7-8-11(9-10)13(4,5)6;1-3-2;;;/h2*7-9H,1-6H3;1-2H3;2*1H;/q2*-1;;;;+2/p-2. The van der Waals surface area contributed by atoms with Gasteiger partial charge in [0, 0.05) is 16.1 Å². The summed E-state index contributed by atoms with van der Waals surface area (Å²) in [5.74, 6) is 0. The van der Waals surface area contributed by atoms with E-state index in [0.29, 0.717) is 0 Å². The Morgan fingerprint density at radius 1 is 0.562 bits per heavy atom. The molecule has 0 radical (unpaired) electrons. The molecule has 0 atom stereocenters. The van der Waals surface area contributed by atoms with Crippen molar-refractivity contribution < 1.29 is 48.1 Å². The molecule has 0 spiro atoms. The van der Waals surface area contributed by atoms with Crippen LogP contribution in [0, 0.1) is 0 Å². The second-order valence-electron chi connectivity index (χ2n) is 12.8. The number of rotatable bonds is 4. The van der Waals surface area contributed by atoms with E-state index in [-0.39, 0.29) is 30.2 Å². The van der Waals surface area contributed by atoms with Gasteiger partial charge < -0.3 is 24.8 Å². The van der Waals surface area contributed by atoms with Gasteiger partial charge in [0.05, 0.1) is 16.1 Å². The van der Waals surface area contributed by atoms with Crippen LogP contribution in [-0.4, -0.2) is 37.7 Å². The van der Waals surface area contributed by atoms with Crippen LogP contribution in [0.3, 0.4) is 0 Å². The predicted octanol–water partition coefficient (Wildman–Crippen LogP) is -0.216. The first-order valence-electron chi connectivity index (χ1n) is 11.2. The molecular weight excluding hydrogens is 591 g/mol. The summed E-state index contributed by atoms with van der Waals surface area (Å²) in [6.07, 6.45) is 0. The fourth-order valence-corrected chi connectivity index (χ4v) is 7.73. The van der Waals surface area contributed by atoms with E-state index >= 15 is 0 Å². The van der Waals surface area contributed by atoms with E-state index in [1.807, 2.05) is 0 Å². The third-order valence-corrected chi connectivity index (χ3v) is 13.1. The van der Waals surface area contributed by atoms with Gasteiger partial charge in [-0.15, -0.1) is 0 Å². The van der Waals surface area contributed by atoms with Crippen molar-refractivity contribution in [3.63, 3.8) is 0 Å². The maximum absolute atomic E-state index is 2.46. The average Bonchev–Trinajstić information content (AvgIpc) is 3.15. The molecule has 0 unspecified atom stereocenters. The van der Waals surface area contributed by atoms with Gasteiger partial charge in [0.1, 0.15) is 0 Å². The molecule has 0 aliphatic heterocycles. The van der Waals surface area contributed by atoms with Crippen molar-refractivity contribution in [2.75, 3.05) is 0 Å². The van der Waals surface area contributed by atoms with Gasteiger partial charge in [0.15, 0.2) is 0 Å². The zero-order valence-corrected chi connectivity index (χ0v) is 32.2. The zero-order valence-electron chi connectivity index (χ0n) is 23.2. The van der Waals surface area contributed by atoms with Crippen LogP contribution >= 0.6 is 0 Å². The smallest absolute Gasteiger partial charge is 1.00 e. The number of halogens is 2. The molecular formula is C24H48Cl2Si5Zr-2. The van der Waals surface area contributed by atoms with E-state index in [4.69, 9.17) is 0 Å². The molecule has 0 fully saturated rings. The summed E-state index contributed by atoms with van der Waals surface area (Å²) < 4.78 is 0. The van der Waals surface area contributed by atoms with E-state index in [1.54, 1.807) is 44.1 Å². The molecule has 0 amide bonds. The maximum Gasteiger partial charge on any atom is -1.00 e. The first-order valence-corrected chi connectivity index (χ1v) is 31.4. The molecule has 0 saturated carbocycles. The van der Waals surface area contributed by atoms with Crippen molar-refractivity contribution in [1.29, 1.82) is 0 Å². The molecule has 0 bridgehead atoms. The van der Waals surface area contributed by atoms with Crippen molar-refractivity contribution in [3.05, 3.63) is 36.4 Å². The zero-order chi connectivity index (χ0) is 24.1. The Hall–Kier alpha value is 1.25. The monoisotopic (exact) mass is 636 g/mol. The third-order valence-electron chi connectivity index (χ3n) is 4.97. The van der Waals surface area contributed by atoms with Crippen LogP contribution in [0.5, 0.6) is 0 Å². The van der Waals surface area contributed by atoms with Crippen LogP contribution in [0.1, 0.15) is 0 Å². The molecule has 0 aliphatic rings. The molecule has 0 nitrogen and oxygen atoms in total. The molecule has 2 rings (SSSR count). The third kappa shape index (κ3) is 15.3. The molecule has 184 valence electrons. The minimum Gasteiger partial charge on any atom is -1.00 e. The molecule has 0 aliphatic carbocycles. The van der Waals surface area contributed by atoms with Crippen LogP contribution < -0.4 is 45.6 Å². The Morgan fingerprint density at radius 3 is 0.875 bits per heavy atom. The Bertz CT molecular complexity index is 675. The maximum atomic E-state index is 2.46. The Labute approximate surface area is 232 Å². The first kappa shape index (κ1) is 37.8. The molecule has 32 heavy (non-hydrogen) atoms. The summed E-state index contributed by atoms with van der Waals surface area (Å²) in [4.78, 5) is 0. The summed E-state index contributed by atoms with van der Waals surface area (Å²) in [5.41, 5.74) is 0.210. The topological polar surface area (TPSA) is 0 Å². The van der Waals surface area contributed by atoms with Gasteiger partial charge in [-0.3, -0.25) is 0 Å². The molecule has 8 heteroatoms. The summed E-state index contributed by atoms with van der Waals surface area (Å²) in [6.45, 7) is 33.6. The Kier molecular flexibility index (Phi) is 17.4. The van der Waals surface area contributed by atoms with Crippen molar-refractivity contribution in [2.45, 2.75) is 91.7 Å². The van der Waals surface area contributed by atoms with E-state index in [0.717, 1.165) is 0 Å². The van der Waals surface area contributed by atoms with Crippen molar-refractivity contribution in [3.8, 4) is 0 Å². The van der Waals surface area contributed by atoms with Gasteiger partial charge in [-0.05, 0) is 0 Å². The molecule has 0 heterocycles. The largest absolute Gasteiger partial charge is 1.00 e. The summed E-state index contributed by atoms with van der Waals surface area (Å²) >= 11 is 1.74. The fourth-order valence-electron chi connectivity index (χ4n) is 2.75. The van der Waals surface area contributed by atoms with Gasteiger partial charge in [0.2, 0.25) is 0 Å². The van der Waals surface area contributed by atoms with E-state index in [1.165, 1.54) is 0 Å². The average molecular weight is 639 g/mol. The Balaban J connectivity index is -0.000000428. The fraction of sp³-hybridized carbons (Fsp3) is 0.583. The minimum atomic E-state index is -1.07. The second-order valence-corrected chi connectivity index (χ2v) is 42.5. The SMILES string of the molecule is C[Si](C)(C)c1c[cH-]c([Si](C)(C)C)c1.C[Si](C)(C)c1c[cH-]c([Si](C)(C)C)c1.C[Si](C)=[Zr+2].[Cl-].[Cl-]. The summed E-state index contributed by atoms with van der Waals surface area (Å²) in [5, 5.41) is 6.46. The van der Waals surface area contributed by atoms with Gasteiger partial charge in [-0.25, -0.2) is 22.5 Å². The minimum absolute atomic E-state index is 0. The normalized spacial score (nSPS) is 11.8. The van der Waals surface area contributed by atoms with Gasteiger partial charge in [-0.1, -0.05) is 78.6 Å². The second kappa shape index (κ2) is 14.7. The van der Waals surface area contributed by atoms with Crippen molar-refractivity contribution in [2.24, 2.45) is 0 Å². The van der Waals surface area contributed by atoms with Crippen LogP contribution in [0.15, 0.2) is 36.4 Å². The van der Waals surface area contributed by atoms with Crippen LogP contribution in [0.2, 0.25) is 91.7 Å². The quantitative estimate of drug-likeness (QED) is 0.321.